The van der Waals surface area contributed by atoms with Gasteiger partial charge in [0, 0.05) is 31.1 Å². The Morgan fingerprint density at radius 2 is 1.73 bits per heavy atom. The van der Waals surface area contributed by atoms with Crippen molar-refractivity contribution in [1.29, 1.82) is 5.26 Å². The molecule has 2 aliphatic rings. The van der Waals surface area contributed by atoms with E-state index in [4.69, 9.17) is 0 Å². The van der Waals surface area contributed by atoms with Crippen LogP contribution in [0.4, 0.5) is 24.8 Å². The average Bonchev–Trinajstić information content (AvgIpc) is 3.54. The molecule has 0 atom stereocenters. The van der Waals surface area contributed by atoms with E-state index in [9.17, 15) is 28.0 Å². The summed E-state index contributed by atoms with van der Waals surface area (Å²) in [6, 6.07) is 14.0. The summed E-state index contributed by atoms with van der Waals surface area (Å²) >= 11 is 0. The summed E-state index contributed by atoms with van der Waals surface area (Å²) < 4.78 is 43.1. The number of benzene rings is 2. The molecule has 0 N–H and O–H groups in total. The normalized spacial score (nSPS) is 15.3. The first-order valence-corrected chi connectivity index (χ1v) is 12.9. The molecule has 1 fully saturated rings. The van der Waals surface area contributed by atoms with E-state index in [1.165, 1.54) is 28.3 Å². The number of anilines is 2. The topological polar surface area (TPSA) is 108 Å². The number of halogens is 3. The largest absolute Gasteiger partial charge is 0.416 e. The highest BCUT2D eigenvalue weighted by Crippen LogP contribution is 2.41. The summed E-state index contributed by atoms with van der Waals surface area (Å²) in [4.78, 5) is 33.7. The first-order chi connectivity index (χ1) is 19.7. The Morgan fingerprint density at radius 1 is 0.951 bits per heavy atom. The molecule has 4 aromatic rings. The van der Waals surface area contributed by atoms with E-state index in [1.54, 1.807) is 41.9 Å². The van der Waals surface area contributed by atoms with Gasteiger partial charge in [-0.25, -0.2) is 4.98 Å². The molecule has 206 valence electrons. The molecule has 2 aliphatic heterocycles. The minimum Gasteiger partial charge on any atom is -0.317 e. The molecule has 0 aliphatic carbocycles. The van der Waals surface area contributed by atoms with Crippen molar-refractivity contribution >= 4 is 23.5 Å². The van der Waals surface area contributed by atoms with Gasteiger partial charge in [0.25, 0.3) is 5.91 Å². The molecule has 41 heavy (non-hydrogen) atoms. The molecule has 12 heteroatoms. The Labute approximate surface area is 232 Å². The number of piperidine rings is 1. The van der Waals surface area contributed by atoms with Gasteiger partial charge in [0.2, 0.25) is 5.91 Å². The fourth-order valence-electron chi connectivity index (χ4n) is 5.34. The highest BCUT2D eigenvalue weighted by atomic mass is 19.4. The molecule has 6 rings (SSSR count). The number of amides is 2. The van der Waals surface area contributed by atoms with Gasteiger partial charge >= 0.3 is 6.18 Å². The maximum Gasteiger partial charge on any atom is 0.416 e. The van der Waals surface area contributed by atoms with Crippen LogP contribution in [0.5, 0.6) is 0 Å². The lowest BCUT2D eigenvalue weighted by atomic mass is 9.97. The lowest BCUT2D eigenvalue weighted by Crippen LogP contribution is -2.36. The van der Waals surface area contributed by atoms with Crippen LogP contribution in [-0.4, -0.2) is 38.1 Å². The Bertz CT molecular complexity index is 1760. The van der Waals surface area contributed by atoms with Gasteiger partial charge in [0.05, 0.1) is 23.7 Å². The van der Waals surface area contributed by atoms with Crippen LogP contribution >= 0.6 is 0 Å². The number of pyridine rings is 1. The van der Waals surface area contributed by atoms with Crippen LogP contribution in [0, 0.1) is 11.3 Å². The van der Waals surface area contributed by atoms with Crippen molar-refractivity contribution in [2.75, 3.05) is 16.3 Å². The second kappa shape index (κ2) is 9.85. The van der Waals surface area contributed by atoms with Crippen molar-refractivity contribution in [2.24, 2.45) is 7.05 Å². The summed E-state index contributed by atoms with van der Waals surface area (Å²) in [5, 5.41) is 17.8. The molecule has 2 aromatic heterocycles. The monoisotopic (exact) mass is 557 g/mol. The predicted molar refractivity (Wildman–Crippen MR) is 143 cm³/mol. The number of nitrogens with zero attached hydrogens (tertiary/aromatic N) is 7. The molecular formula is C29H22F3N7O2. The molecule has 4 heterocycles. The smallest absolute Gasteiger partial charge is 0.317 e. The van der Waals surface area contributed by atoms with Crippen LogP contribution in [0.25, 0.3) is 22.5 Å². The van der Waals surface area contributed by atoms with E-state index >= 15 is 0 Å². The molecule has 9 nitrogen and oxygen atoms in total. The molecule has 2 amide bonds. The van der Waals surface area contributed by atoms with Crippen molar-refractivity contribution in [3.63, 3.8) is 0 Å². The van der Waals surface area contributed by atoms with Gasteiger partial charge in [-0.1, -0.05) is 6.07 Å². The molecular weight excluding hydrogens is 535 g/mol. The van der Waals surface area contributed by atoms with Crippen molar-refractivity contribution < 1.29 is 22.8 Å². The average molecular weight is 558 g/mol. The fourth-order valence-corrected chi connectivity index (χ4v) is 5.34. The van der Waals surface area contributed by atoms with Crippen LogP contribution in [0.15, 0.2) is 54.9 Å². The van der Waals surface area contributed by atoms with E-state index < -0.39 is 17.6 Å². The Kier molecular flexibility index (Phi) is 6.29. The maximum absolute atomic E-state index is 13.8. The van der Waals surface area contributed by atoms with E-state index in [-0.39, 0.29) is 35.2 Å². The van der Waals surface area contributed by atoms with Gasteiger partial charge in [0.1, 0.15) is 18.0 Å². The first-order valence-electron chi connectivity index (χ1n) is 12.9. The van der Waals surface area contributed by atoms with E-state index in [1.807, 2.05) is 0 Å². The van der Waals surface area contributed by atoms with Gasteiger partial charge in [-0.2, -0.15) is 18.4 Å². The third-order valence-electron chi connectivity index (χ3n) is 7.36. The van der Waals surface area contributed by atoms with Gasteiger partial charge in [-0.15, -0.1) is 10.2 Å². The summed E-state index contributed by atoms with van der Waals surface area (Å²) in [5.41, 5.74) is 1.02. The lowest BCUT2D eigenvalue weighted by molar-refractivity contribution is -0.138. The van der Waals surface area contributed by atoms with E-state index in [0.29, 0.717) is 41.0 Å². The van der Waals surface area contributed by atoms with Crippen molar-refractivity contribution in [2.45, 2.75) is 32.0 Å². The first kappa shape index (κ1) is 26.2. The number of rotatable bonds is 4. The third-order valence-corrected chi connectivity index (χ3v) is 7.36. The van der Waals surface area contributed by atoms with Gasteiger partial charge < -0.3 is 4.57 Å². The Balaban J connectivity index is 1.54. The standard InChI is InChI=1S/C29H22F3N7O2/c1-37-16-34-36-27(37)19-9-8-17(14-33)11-21(19)18-12-24(38-10-3-2-7-26(38)40)35-25(13-18)39-15-22-20(28(39)41)5-4-6-23(22)29(30,31)32/h4-6,8-9,11-13,16H,2-3,7,10,15H2,1H3. The lowest BCUT2D eigenvalue weighted by Gasteiger charge is -2.28. The van der Waals surface area contributed by atoms with Crippen LogP contribution in [0.3, 0.4) is 0 Å². The maximum atomic E-state index is 13.8. The van der Waals surface area contributed by atoms with Gasteiger partial charge in [-0.05, 0) is 72.0 Å². The second-order valence-electron chi connectivity index (χ2n) is 9.93. The van der Waals surface area contributed by atoms with Crippen molar-refractivity contribution in [3.8, 4) is 28.6 Å². The predicted octanol–water partition coefficient (Wildman–Crippen LogP) is 5.11. The SMILES string of the molecule is Cn1cnnc1-c1ccc(C#N)cc1-c1cc(N2CCCCC2=O)nc(N2Cc3c(cccc3C(F)(F)F)C2=O)c1. The number of nitriles is 1. The number of aromatic nitrogens is 4. The van der Waals surface area contributed by atoms with Gasteiger partial charge in [0.15, 0.2) is 5.82 Å². The second-order valence-corrected chi connectivity index (χ2v) is 9.93. The minimum absolute atomic E-state index is 0.0473. The summed E-state index contributed by atoms with van der Waals surface area (Å²) in [6.07, 6.45) is -1.28. The number of aryl methyl sites for hydroxylation is 1. The Morgan fingerprint density at radius 3 is 2.41 bits per heavy atom. The summed E-state index contributed by atoms with van der Waals surface area (Å²) in [5.74, 6) is 0.121. The number of carbonyl (C=O) groups is 2. The molecule has 2 aromatic carbocycles. The zero-order valence-corrected chi connectivity index (χ0v) is 21.8. The molecule has 0 radical (unpaired) electrons. The number of hydrogen-bond donors (Lipinski definition) is 0. The number of fused-ring (bicyclic) bond motifs is 1. The quantitative estimate of drug-likeness (QED) is 0.345. The molecule has 1 saturated heterocycles. The molecule has 0 spiro atoms. The summed E-state index contributed by atoms with van der Waals surface area (Å²) in [6.45, 7) is 0.0809. The van der Waals surface area contributed by atoms with Crippen LogP contribution in [0.1, 0.15) is 46.3 Å². The zero-order chi connectivity index (χ0) is 28.9. The Hall–Kier alpha value is -5.05. The highest BCUT2D eigenvalue weighted by Gasteiger charge is 2.40. The molecule has 0 bridgehead atoms. The van der Waals surface area contributed by atoms with Crippen LogP contribution < -0.4 is 9.80 Å². The molecule has 0 saturated carbocycles. The van der Waals surface area contributed by atoms with Crippen LogP contribution in [0.2, 0.25) is 0 Å². The van der Waals surface area contributed by atoms with Crippen LogP contribution in [-0.2, 0) is 24.6 Å². The number of hydrogen-bond acceptors (Lipinski definition) is 6. The van der Waals surface area contributed by atoms with Gasteiger partial charge in [-0.3, -0.25) is 19.4 Å². The highest BCUT2D eigenvalue weighted by molar-refractivity contribution is 6.10. The molecule has 0 unspecified atom stereocenters. The summed E-state index contributed by atoms with van der Waals surface area (Å²) in [7, 11) is 1.77. The zero-order valence-electron chi connectivity index (χ0n) is 21.8. The van der Waals surface area contributed by atoms with E-state index in [2.05, 4.69) is 21.3 Å². The third kappa shape index (κ3) is 4.59. The number of carbonyl (C=O) groups excluding carboxylic acids is 2. The fraction of sp³-hybridized carbons (Fsp3) is 0.241. The van der Waals surface area contributed by atoms with Crippen molar-refractivity contribution in [1.82, 2.24) is 19.7 Å². The van der Waals surface area contributed by atoms with E-state index in [0.717, 1.165) is 18.9 Å². The minimum atomic E-state index is -4.63. The number of alkyl halides is 3. The van der Waals surface area contributed by atoms with Crippen molar-refractivity contribution in [3.05, 3.63) is 77.1 Å².